The summed E-state index contributed by atoms with van der Waals surface area (Å²) in [6.45, 7) is 1.61. The predicted octanol–water partition coefficient (Wildman–Crippen LogP) is -0.402. The zero-order valence-electron chi connectivity index (χ0n) is 6.16. The van der Waals surface area contributed by atoms with Gasteiger partial charge in [0.1, 0.15) is 5.60 Å². The van der Waals surface area contributed by atoms with Gasteiger partial charge in [-0.05, 0) is 13.3 Å². The van der Waals surface area contributed by atoms with E-state index in [2.05, 4.69) is 0 Å². The van der Waals surface area contributed by atoms with E-state index in [4.69, 9.17) is 0 Å². The number of fused-ring (bicyclic) bond motifs is 1. The summed E-state index contributed by atoms with van der Waals surface area (Å²) in [7, 11) is 1.76. The Balaban J connectivity index is 2.33. The van der Waals surface area contributed by atoms with Gasteiger partial charge in [0.25, 0.3) is 5.91 Å². The lowest BCUT2D eigenvalue weighted by molar-refractivity contribution is -0.144. The maximum atomic E-state index is 11.1. The second-order valence-electron chi connectivity index (χ2n) is 3.47. The van der Waals surface area contributed by atoms with Crippen molar-refractivity contribution in [2.24, 2.45) is 5.92 Å². The first kappa shape index (κ1) is 6.16. The molecule has 1 unspecified atom stereocenters. The van der Waals surface area contributed by atoms with E-state index in [-0.39, 0.29) is 11.8 Å². The summed E-state index contributed by atoms with van der Waals surface area (Å²) in [5.74, 6) is 0.0961. The fourth-order valence-corrected chi connectivity index (χ4v) is 1.88. The van der Waals surface area contributed by atoms with Crippen molar-refractivity contribution in [3.05, 3.63) is 0 Å². The maximum Gasteiger partial charge on any atom is 0.254 e. The van der Waals surface area contributed by atoms with Crippen LogP contribution >= 0.6 is 0 Å². The molecule has 0 aromatic rings. The minimum atomic E-state index is -1.06. The third-order valence-electron chi connectivity index (χ3n) is 2.73. The van der Waals surface area contributed by atoms with E-state index < -0.39 is 5.60 Å². The van der Waals surface area contributed by atoms with Crippen LogP contribution in [-0.2, 0) is 4.79 Å². The van der Waals surface area contributed by atoms with Crippen molar-refractivity contribution >= 4 is 5.91 Å². The van der Waals surface area contributed by atoms with Crippen LogP contribution in [0.15, 0.2) is 0 Å². The predicted molar refractivity (Wildman–Crippen MR) is 35.3 cm³/mol. The van der Waals surface area contributed by atoms with Gasteiger partial charge in [-0.2, -0.15) is 0 Å². The largest absolute Gasteiger partial charge is 0.380 e. The highest BCUT2D eigenvalue weighted by atomic mass is 16.3. The number of likely N-dealkylation sites (tertiary alicyclic amines) is 1. The van der Waals surface area contributed by atoms with Crippen LogP contribution < -0.4 is 0 Å². The smallest absolute Gasteiger partial charge is 0.254 e. The number of aliphatic hydroxyl groups is 1. The number of piperidine rings is 1. The van der Waals surface area contributed by atoms with Crippen LogP contribution in [0.5, 0.6) is 0 Å². The number of carbonyl (C=O) groups excluding carboxylic acids is 1. The molecule has 1 heterocycles. The van der Waals surface area contributed by atoms with Gasteiger partial charge in [-0.15, -0.1) is 0 Å². The molecule has 1 saturated heterocycles. The monoisotopic (exact) mass is 141 g/mol. The van der Waals surface area contributed by atoms with Crippen molar-refractivity contribution in [3.63, 3.8) is 0 Å². The molecule has 3 atom stereocenters. The topological polar surface area (TPSA) is 40.5 Å². The van der Waals surface area contributed by atoms with Gasteiger partial charge in [-0.1, -0.05) is 0 Å². The van der Waals surface area contributed by atoms with Gasteiger partial charge < -0.3 is 10.0 Å². The van der Waals surface area contributed by atoms with E-state index in [0.29, 0.717) is 6.04 Å². The van der Waals surface area contributed by atoms with Crippen molar-refractivity contribution < 1.29 is 9.90 Å². The summed E-state index contributed by atoms with van der Waals surface area (Å²) in [6.07, 6.45) is 0.981. The van der Waals surface area contributed by atoms with Crippen LogP contribution in [0.25, 0.3) is 0 Å². The maximum absolute atomic E-state index is 11.1. The van der Waals surface area contributed by atoms with Crippen molar-refractivity contribution in [1.82, 2.24) is 4.90 Å². The Bertz CT molecular complexity index is 200. The molecule has 1 aliphatic carbocycles. The molecule has 1 aliphatic heterocycles. The number of hydrogen-bond acceptors (Lipinski definition) is 2. The Kier molecular flexibility index (Phi) is 0.844. The molecule has 10 heavy (non-hydrogen) atoms. The van der Waals surface area contributed by atoms with Gasteiger partial charge >= 0.3 is 0 Å². The highest BCUT2D eigenvalue weighted by Gasteiger charge is 2.63. The second-order valence-corrected chi connectivity index (χ2v) is 3.47. The first-order valence-corrected chi connectivity index (χ1v) is 3.55. The Morgan fingerprint density at radius 1 is 1.80 bits per heavy atom. The van der Waals surface area contributed by atoms with Crippen LogP contribution in [0.2, 0.25) is 0 Å². The van der Waals surface area contributed by atoms with Gasteiger partial charge in [0, 0.05) is 19.0 Å². The molecule has 2 rings (SSSR count). The molecule has 0 bridgehead atoms. The van der Waals surface area contributed by atoms with Gasteiger partial charge in [-0.3, -0.25) is 4.79 Å². The highest BCUT2D eigenvalue weighted by Crippen LogP contribution is 2.50. The number of nitrogens with zero attached hydrogens (tertiary/aromatic N) is 1. The van der Waals surface area contributed by atoms with Gasteiger partial charge in [-0.25, -0.2) is 0 Å². The molecule has 3 heteroatoms. The fraction of sp³-hybridized carbons (Fsp3) is 0.857. The molecule has 0 aromatic heterocycles. The molecule has 1 amide bonds. The molecule has 56 valence electrons. The quantitative estimate of drug-likeness (QED) is 0.498. The number of likely N-dealkylation sites (N-methyl/N-ethyl adjacent to an activating group) is 1. The summed E-state index contributed by atoms with van der Waals surface area (Å²) >= 11 is 0. The molecule has 1 saturated carbocycles. The van der Waals surface area contributed by atoms with E-state index in [1.807, 2.05) is 0 Å². The van der Waals surface area contributed by atoms with Crippen molar-refractivity contribution in [3.8, 4) is 0 Å². The molecule has 0 aromatic carbocycles. The van der Waals surface area contributed by atoms with Crippen LogP contribution in [0.4, 0.5) is 0 Å². The summed E-state index contributed by atoms with van der Waals surface area (Å²) in [4.78, 5) is 12.8. The molecular formula is C7H11NO2. The van der Waals surface area contributed by atoms with Gasteiger partial charge in [0.2, 0.25) is 0 Å². The van der Waals surface area contributed by atoms with E-state index in [9.17, 15) is 9.90 Å². The minimum absolute atomic E-state index is 0.117. The van der Waals surface area contributed by atoms with Crippen molar-refractivity contribution in [2.45, 2.75) is 25.0 Å². The molecule has 2 fully saturated rings. The number of hydrogen-bond donors (Lipinski definition) is 1. The average molecular weight is 141 g/mol. The number of carbonyl (C=O) groups is 1. The van der Waals surface area contributed by atoms with Crippen LogP contribution in [0, 0.1) is 5.92 Å². The summed E-state index contributed by atoms with van der Waals surface area (Å²) < 4.78 is 0. The fourth-order valence-electron chi connectivity index (χ4n) is 1.88. The zero-order valence-corrected chi connectivity index (χ0v) is 6.16. The van der Waals surface area contributed by atoms with Gasteiger partial charge in [0.05, 0.1) is 0 Å². The van der Waals surface area contributed by atoms with E-state index >= 15 is 0 Å². The van der Waals surface area contributed by atoms with Crippen molar-refractivity contribution in [1.29, 1.82) is 0 Å². The Morgan fingerprint density at radius 3 is 2.60 bits per heavy atom. The zero-order chi connectivity index (χ0) is 7.52. The number of amides is 1. The molecule has 1 N–H and O–H groups in total. The average Bonchev–Trinajstić information content (AvgIpc) is 2.58. The molecular weight excluding hydrogens is 130 g/mol. The third kappa shape index (κ3) is 0.475. The first-order chi connectivity index (χ1) is 4.55. The normalized spacial score (nSPS) is 51.5. The minimum Gasteiger partial charge on any atom is -0.380 e. The lowest BCUT2D eigenvalue weighted by atomic mass is 10.0. The van der Waals surface area contributed by atoms with Crippen molar-refractivity contribution in [2.75, 3.05) is 7.05 Å². The Hall–Kier alpha value is -0.570. The second kappa shape index (κ2) is 1.37. The first-order valence-electron chi connectivity index (χ1n) is 3.55. The lowest BCUT2D eigenvalue weighted by Gasteiger charge is -2.19. The molecule has 3 nitrogen and oxygen atoms in total. The Morgan fingerprint density at radius 2 is 2.40 bits per heavy atom. The van der Waals surface area contributed by atoms with Crippen LogP contribution in [0.1, 0.15) is 13.3 Å². The molecule has 0 radical (unpaired) electrons. The third-order valence-corrected chi connectivity index (χ3v) is 2.73. The standard InChI is InChI=1S/C7H11NO2/c1-7(10)4-3-5(4)8(2)6(7)9/h4-5,10H,3H2,1-2H3/t4?,5-,7-/m1/s1. The SMILES string of the molecule is CN1C(=O)[C@](C)(O)C2C[C@H]21. The van der Waals surface area contributed by atoms with Crippen LogP contribution in [0.3, 0.4) is 0 Å². The summed E-state index contributed by atoms with van der Waals surface area (Å²) in [6, 6.07) is 0.336. The number of rotatable bonds is 0. The molecule has 0 spiro atoms. The Labute approximate surface area is 59.6 Å². The highest BCUT2D eigenvalue weighted by molar-refractivity contribution is 5.89. The van der Waals surface area contributed by atoms with Gasteiger partial charge in [0.15, 0.2) is 0 Å². The van der Waals surface area contributed by atoms with E-state index in [1.165, 1.54) is 0 Å². The summed E-state index contributed by atoms with van der Waals surface area (Å²) in [5.41, 5.74) is -1.06. The van der Waals surface area contributed by atoms with E-state index in [1.54, 1.807) is 18.9 Å². The molecule has 2 aliphatic rings. The summed E-state index contributed by atoms with van der Waals surface area (Å²) in [5, 5.41) is 9.55. The van der Waals surface area contributed by atoms with Crippen LogP contribution in [-0.4, -0.2) is 34.6 Å². The van der Waals surface area contributed by atoms with E-state index in [0.717, 1.165) is 6.42 Å². The lowest BCUT2D eigenvalue weighted by Crippen LogP contribution is -2.40.